The number of carbonyl (C=O) groups is 1. The molecule has 1 fully saturated rings. The Bertz CT molecular complexity index is 481. The summed E-state index contributed by atoms with van der Waals surface area (Å²) in [5.74, 6) is 0.549. The van der Waals surface area contributed by atoms with Crippen molar-refractivity contribution >= 4 is 5.91 Å². The van der Waals surface area contributed by atoms with Gasteiger partial charge in [0.1, 0.15) is 5.75 Å². The molecular weight excluding hydrogens is 254 g/mol. The Balaban J connectivity index is 2.37. The maximum Gasteiger partial charge on any atom is 0.218 e. The van der Waals surface area contributed by atoms with E-state index in [1.54, 1.807) is 7.11 Å². The summed E-state index contributed by atoms with van der Waals surface area (Å²) in [6.07, 6.45) is 1.95. The van der Waals surface area contributed by atoms with Crippen LogP contribution in [0.1, 0.15) is 38.7 Å². The van der Waals surface area contributed by atoms with Crippen molar-refractivity contribution < 1.29 is 14.3 Å². The molecule has 0 bridgehead atoms. The van der Waals surface area contributed by atoms with Crippen LogP contribution in [0, 0.1) is 0 Å². The third-order valence-electron chi connectivity index (χ3n) is 4.05. The number of hydrogen-bond acceptors (Lipinski definition) is 3. The summed E-state index contributed by atoms with van der Waals surface area (Å²) in [5.41, 5.74) is 6.14. The van der Waals surface area contributed by atoms with Crippen LogP contribution in [-0.2, 0) is 14.9 Å². The highest BCUT2D eigenvalue weighted by Crippen LogP contribution is 2.44. The summed E-state index contributed by atoms with van der Waals surface area (Å²) >= 11 is 0. The number of nitrogens with two attached hydrogens (primary N) is 1. The minimum atomic E-state index is -0.265. The molecule has 0 radical (unpaired) electrons. The van der Waals surface area contributed by atoms with Gasteiger partial charge in [-0.15, -0.1) is 0 Å². The fourth-order valence-corrected chi connectivity index (χ4v) is 3.25. The lowest BCUT2D eigenvalue weighted by molar-refractivity contribution is -0.123. The maximum atomic E-state index is 11.5. The molecule has 1 aliphatic heterocycles. The van der Waals surface area contributed by atoms with Crippen LogP contribution in [0.3, 0.4) is 0 Å². The van der Waals surface area contributed by atoms with Gasteiger partial charge in [-0.05, 0) is 44.4 Å². The average molecular weight is 277 g/mol. The van der Waals surface area contributed by atoms with Gasteiger partial charge in [0.2, 0.25) is 5.91 Å². The lowest BCUT2D eigenvalue weighted by atomic mass is 9.67. The molecule has 4 heteroatoms. The molecule has 0 aliphatic carbocycles. The summed E-state index contributed by atoms with van der Waals surface area (Å²) in [6, 6.07) is 7.92. The van der Waals surface area contributed by atoms with Gasteiger partial charge < -0.3 is 15.2 Å². The van der Waals surface area contributed by atoms with Gasteiger partial charge in [0, 0.05) is 18.4 Å². The highest BCUT2D eigenvalue weighted by Gasteiger charge is 2.43. The monoisotopic (exact) mass is 277 g/mol. The second kappa shape index (κ2) is 5.44. The van der Waals surface area contributed by atoms with Gasteiger partial charge in [-0.3, -0.25) is 4.79 Å². The van der Waals surface area contributed by atoms with Crippen molar-refractivity contribution in [1.82, 2.24) is 0 Å². The summed E-state index contributed by atoms with van der Waals surface area (Å²) < 4.78 is 11.0. The summed E-state index contributed by atoms with van der Waals surface area (Å²) in [4.78, 5) is 11.5. The van der Waals surface area contributed by atoms with Crippen LogP contribution >= 0.6 is 0 Å². The molecule has 0 spiro atoms. The van der Waals surface area contributed by atoms with Crippen LogP contribution in [0.4, 0.5) is 0 Å². The minimum absolute atomic E-state index is 0.236. The van der Waals surface area contributed by atoms with Crippen molar-refractivity contribution in [2.45, 2.75) is 44.1 Å². The SMILES string of the molecule is COc1ccc([C@@]2(CC(N)=O)CCOC(C)(C)C2)cc1. The second-order valence-electron chi connectivity index (χ2n) is 6.19. The number of methoxy groups -OCH3 is 1. The second-order valence-corrected chi connectivity index (χ2v) is 6.19. The number of ether oxygens (including phenoxy) is 2. The summed E-state index contributed by atoms with van der Waals surface area (Å²) in [7, 11) is 1.64. The molecule has 0 saturated carbocycles. The van der Waals surface area contributed by atoms with Crippen molar-refractivity contribution in [3.63, 3.8) is 0 Å². The lowest BCUT2D eigenvalue weighted by Gasteiger charge is -2.45. The molecule has 110 valence electrons. The first kappa shape index (κ1) is 14.9. The van der Waals surface area contributed by atoms with Crippen LogP contribution in [0.2, 0.25) is 0 Å². The number of rotatable bonds is 4. The van der Waals surface area contributed by atoms with E-state index in [1.165, 1.54) is 0 Å². The van der Waals surface area contributed by atoms with Gasteiger partial charge in [-0.1, -0.05) is 12.1 Å². The Morgan fingerprint density at radius 1 is 1.35 bits per heavy atom. The van der Waals surface area contributed by atoms with Gasteiger partial charge in [-0.25, -0.2) is 0 Å². The molecule has 1 aromatic carbocycles. The molecule has 2 rings (SSSR count). The van der Waals surface area contributed by atoms with Gasteiger partial charge >= 0.3 is 0 Å². The standard InChI is InChI=1S/C16H23NO3/c1-15(2)11-16(8-9-20-15,10-14(17)18)12-4-6-13(19-3)7-5-12/h4-7H,8-11H2,1-3H3,(H2,17,18)/t16-/m1/s1. The number of primary amides is 1. The zero-order chi connectivity index (χ0) is 14.8. The third kappa shape index (κ3) is 3.12. The molecule has 1 aliphatic rings. The maximum absolute atomic E-state index is 11.5. The van der Waals surface area contributed by atoms with Crippen LogP contribution in [0.15, 0.2) is 24.3 Å². The Morgan fingerprint density at radius 3 is 2.50 bits per heavy atom. The zero-order valence-corrected chi connectivity index (χ0v) is 12.4. The Kier molecular flexibility index (Phi) is 4.04. The van der Waals surface area contributed by atoms with Gasteiger partial charge in [0.05, 0.1) is 12.7 Å². The number of carbonyl (C=O) groups excluding carboxylic acids is 1. The highest BCUT2D eigenvalue weighted by molar-refractivity contribution is 5.75. The molecule has 0 unspecified atom stereocenters. The zero-order valence-electron chi connectivity index (χ0n) is 12.4. The summed E-state index contributed by atoms with van der Waals surface area (Å²) in [6.45, 7) is 4.77. The normalized spacial score (nSPS) is 25.1. The molecule has 4 nitrogen and oxygen atoms in total. The predicted octanol–water partition coefficient (Wildman–Crippen LogP) is 2.40. The van der Waals surface area contributed by atoms with E-state index >= 15 is 0 Å². The van der Waals surface area contributed by atoms with Crippen molar-refractivity contribution in [2.24, 2.45) is 5.73 Å². The van der Waals surface area contributed by atoms with E-state index in [2.05, 4.69) is 13.8 Å². The molecule has 1 saturated heterocycles. The fourth-order valence-electron chi connectivity index (χ4n) is 3.25. The van der Waals surface area contributed by atoms with Crippen molar-refractivity contribution in [1.29, 1.82) is 0 Å². The first-order valence-corrected chi connectivity index (χ1v) is 6.94. The van der Waals surface area contributed by atoms with Gasteiger partial charge in [0.15, 0.2) is 0 Å². The first-order valence-electron chi connectivity index (χ1n) is 6.94. The molecule has 1 atom stereocenters. The Hall–Kier alpha value is -1.55. The topological polar surface area (TPSA) is 61.5 Å². The van der Waals surface area contributed by atoms with Crippen LogP contribution in [-0.4, -0.2) is 25.2 Å². The van der Waals surface area contributed by atoms with Crippen LogP contribution in [0.25, 0.3) is 0 Å². The molecule has 2 N–H and O–H groups in total. The highest BCUT2D eigenvalue weighted by atomic mass is 16.5. The van der Waals surface area contributed by atoms with Crippen molar-refractivity contribution in [3.8, 4) is 5.75 Å². The Morgan fingerprint density at radius 2 is 2.00 bits per heavy atom. The minimum Gasteiger partial charge on any atom is -0.497 e. The fraction of sp³-hybridized carbons (Fsp3) is 0.562. The van der Waals surface area contributed by atoms with Gasteiger partial charge in [0.25, 0.3) is 0 Å². The van der Waals surface area contributed by atoms with E-state index in [-0.39, 0.29) is 16.9 Å². The molecule has 1 amide bonds. The number of benzene rings is 1. The van der Waals surface area contributed by atoms with Crippen LogP contribution < -0.4 is 10.5 Å². The largest absolute Gasteiger partial charge is 0.497 e. The molecule has 1 aromatic rings. The average Bonchev–Trinajstić information content (AvgIpc) is 2.37. The third-order valence-corrected chi connectivity index (χ3v) is 4.05. The van der Waals surface area contributed by atoms with Crippen molar-refractivity contribution in [2.75, 3.05) is 13.7 Å². The smallest absolute Gasteiger partial charge is 0.218 e. The Labute approximate surface area is 120 Å². The first-order chi connectivity index (χ1) is 9.37. The molecule has 20 heavy (non-hydrogen) atoms. The molecule has 0 aromatic heterocycles. The lowest BCUT2D eigenvalue weighted by Crippen LogP contribution is -2.46. The van der Waals surface area contributed by atoms with E-state index in [4.69, 9.17) is 15.2 Å². The summed E-state index contributed by atoms with van der Waals surface area (Å²) in [5, 5.41) is 0. The molecule has 1 heterocycles. The van der Waals surface area contributed by atoms with E-state index in [0.29, 0.717) is 13.0 Å². The van der Waals surface area contributed by atoms with Gasteiger partial charge in [-0.2, -0.15) is 0 Å². The molecular formula is C16H23NO3. The van der Waals surface area contributed by atoms with Crippen LogP contribution in [0.5, 0.6) is 5.75 Å². The van der Waals surface area contributed by atoms with Crippen molar-refractivity contribution in [3.05, 3.63) is 29.8 Å². The van der Waals surface area contributed by atoms with E-state index in [0.717, 1.165) is 24.2 Å². The predicted molar refractivity (Wildman–Crippen MR) is 77.7 cm³/mol. The quantitative estimate of drug-likeness (QED) is 0.919. The van der Waals surface area contributed by atoms with E-state index in [9.17, 15) is 4.79 Å². The van der Waals surface area contributed by atoms with E-state index < -0.39 is 0 Å². The number of amides is 1. The van der Waals surface area contributed by atoms with E-state index in [1.807, 2.05) is 24.3 Å². The number of hydrogen-bond donors (Lipinski definition) is 1.